The van der Waals surface area contributed by atoms with Gasteiger partial charge in [-0.3, -0.25) is 0 Å². The summed E-state index contributed by atoms with van der Waals surface area (Å²) in [7, 11) is 0. The number of fused-ring (bicyclic) bond motifs is 3. The molecule has 0 saturated carbocycles. The van der Waals surface area contributed by atoms with E-state index < -0.39 is 25.5 Å². The standard InChI is InChI=1S/C28H25N2O.C11H8N.Ir/c1-18(2)25-16-26(29-17-19(25)3)24-11-7-10-22-23-15-14-21(30-28(23)31-27(22)24)13-12-20-8-5-4-6-9-20;1-2-6-10(7-3-1)11-8-4-5-9-12-11;/h4-10,14-18H,12-13H2,1-3H3;1-6,8-9H;/q2*-1;/i3D3,12D2,13D2,18D;;. The number of benzene rings is 3. The van der Waals surface area contributed by atoms with Crippen LogP contribution in [-0.2, 0) is 32.9 Å². The number of hydrogen-bond donors (Lipinski definition) is 0. The molecule has 221 valence electrons. The van der Waals surface area contributed by atoms with Gasteiger partial charge >= 0.3 is 0 Å². The van der Waals surface area contributed by atoms with Crippen LogP contribution < -0.4 is 0 Å². The van der Waals surface area contributed by atoms with Gasteiger partial charge in [-0.05, 0) is 71.8 Å². The molecule has 4 heterocycles. The van der Waals surface area contributed by atoms with Crippen LogP contribution in [0.5, 0.6) is 0 Å². The molecule has 0 amide bonds. The average molecular weight is 760 g/mol. The monoisotopic (exact) mass is 760 g/mol. The molecule has 0 unspecified atom stereocenters. The Hall–Kier alpha value is -4.44. The Balaban J connectivity index is 0.000000339. The van der Waals surface area contributed by atoms with Crippen LogP contribution in [0.4, 0.5) is 0 Å². The van der Waals surface area contributed by atoms with E-state index >= 15 is 0 Å². The molecule has 5 heteroatoms. The molecule has 0 aliphatic rings. The maximum Gasteiger partial charge on any atom is 0.216 e. The van der Waals surface area contributed by atoms with Crippen LogP contribution in [0, 0.1) is 19.0 Å². The third-order valence-electron chi connectivity index (χ3n) is 6.76. The van der Waals surface area contributed by atoms with Gasteiger partial charge in [0.1, 0.15) is 0 Å². The summed E-state index contributed by atoms with van der Waals surface area (Å²) < 4.78 is 72.6. The summed E-state index contributed by atoms with van der Waals surface area (Å²) in [6.45, 7) is 0.791. The zero-order chi connectivity index (χ0) is 36.6. The molecule has 0 N–H and O–H groups in total. The van der Waals surface area contributed by atoms with Crippen molar-refractivity contribution in [1.82, 2.24) is 15.0 Å². The van der Waals surface area contributed by atoms with Crippen LogP contribution in [-0.4, -0.2) is 15.0 Å². The predicted molar refractivity (Wildman–Crippen MR) is 175 cm³/mol. The van der Waals surface area contributed by atoms with Gasteiger partial charge in [-0.2, -0.15) is 0 Å². The fourth-order valence-electron chi connectivity index (χ4n) is 4.62. The van der Waals surface area contributed by atoms with Gasteiger partial charge in [0.05, 0.1) is 5.58 Å². The molecule has 44 heavy (non-hydrogen) atoms. The summed E-state index contributed by atoms with van der Waals surface area (Å²) in [5.41, 5.74) is 3.70. The average Bonchev–Trinajstić information content (AvgIpc) is 3.50. The molecule has 3 aromatic carbocycles. The number of furan rings is 1. The van der Waals surface area contributed by atoms with E-state index in [1.165, 1.54) is 24.4 Å². The minimum atomic E-state index is -2.47. The Morgan fingerprint density at radius 2 is 1.68 bits per heavy atom. The number of rotatable bonds is 6. The number of aromatic nitrogens is 3. The first kappa shape index (κ1) is 22.1. The Kier molecular flexibility index (Phi) is 7.22. The van der Waals surface area contributed by atoms with Crippen molar-refractivity contribution in [3.8, 4) is 22.5 Å². The van der Waals surface area contributed by atoms with Crippen LogP contribution >= 0.6 is 0 Å². The number of hydrogen-bond acceptors (Lipinski definition) is 4. The Bertz CT molecular complexity index is 2250. The van der Waals surface area contributed by atoms with Crippen LogP contribution in [0.15, 0.2) is 120 Å². The predicted octanol–water partition coefficient (Wildman–Crippen LogP) is 9.61. The SMILES string of the molecule is [2H]C([2H])([2H])c1cnc(-c2[c-]ccc3c2oc2nc(C([2H])([2H])C([2H])([2H])c4ccccc4)ccc23)cc1C([2H])(C)C.[Ir].[c-]1ccccc1-c1ccccn1. The minimum Gasteiger partial charge on any atom is -0.486 e. The van der Waals surface area contributed by atoms with Crippen molar-refractivity contribution in [3.63, 3.8) is 0 Å². The molecule has 0 atom stereocenters. The molecule has 0 bridgehead atoms. The summed E-state index contributed by atoms with van der Waals surface area (Å²) >= 11 is 0. The van der Waals surface area contributed by atoms with Gasteiger partial charge in [0.2, 0.25) is 5.71 Å². The Morgan fingerprint density at radius 3 is 2.43 bits per heavy atom. The van der Waals surface area contributed by atoms with Crippen molar-refractivity contribution < 1.29 is 35.5 Å². The molecule has 0 fully saturated rings. The van der Waals surface area contributed by atoms with E-state index in [4.69, 9.17) is 15.4 Å². The van der Waals surface area contributed by atoms with Crippen molar-refractivity contribution in [2.75, 3.05) is 0 Å². The van der Waals surface area contributed by atoms with Crippen LogP contribution in [0.2, 0.25) is 0 Å². The third kappa shape index (κ3) is 7.02. The van der Waals surface area contributed by atoms with E-state index in [0.29, 0.717) is 33.2 Å². The minimum absolute atomic E-state index is 0. The van der Waals surface area contributed by atoms with Gasteiger partial charge in [0.15, 0.2) is 0 Å². The quantitative estimate of drug-likeness (QED) is 0.159. The summed E-state index contributed by atoms with van der Waals surface area (Å²) in [5, 5.41) is 1.26. The van der Waals surface area contributed by atoms with E-state index in [2.05, 4.69) is 27.1 Å². The van der Waals surface area contributed by atoms with E-state index in [1.54, 1.807) is 62.5 Å². The van der Waals surface area contributed by atoms with Crippen LogP contribution in [0.1, 0.15) is 53.1 Å². The largest absolute Gasteiger partial charge is 0.486 e. The maximum absolute atomic E-state index is 8.65. The first-order valence-electron chi connectivity index (χ1n) is 17.8. The van der Waals surface area contributed by atoms with Gasteiger partial charge in [-0.25, -0.2) is 4.98 Å². The van der Waals surface area contributed by atoms with E-state index in [-0.39, 0.29) is 42.6 Å². The Morgan fingerprint density at radius 1 is 0.841 bits per heavy atom. The van der Waals surface area contributed by atoms with Gasteiger partial charge in [-0.1, -0.05) is 73.3 Å². The second kappa shape index (κ2) is 14.4. The normalized spacial score (nSPS) is 14.7. The maximum atomic E-state index is 8.65. The molecule has 0 spiro atoms. The van der Waals surface area contributed by atoms with E-state index in [0.717, 1.165) is 11.3 Å². The van der Waals surface area contributed by atoms with Crippen LogP contribution in [0.25, 0.3) is 44.6 Å². The van der Waals surface area contributed by atoms with Crippen molar-refractivity contribution in [2.45, 2.75) is 39.3 Å². The fourth-order valence-corrected chi connectivity index (χ4v) is 4.62. The Labute approximate surface area is 283 Å². The van der Waals surface area contributed by atoms with Crippen molar-refractivity contribution in [1.29, 1.82) is 0 Å². The molecule has 4 aromatic heterocycles. The van der Waals surface area contributed by atoms with Gasteiger partial charge in [-0.15, -0.1) is 54.1 Å². The molecular weight excluding hydrogens is 719 g/mol. The molecule has 0 aliphatic heterocycles. The number of nitrogens with zero attached hydrogens (tertiary/aromatic N) is 3. The van der Waals surface area contributed by atoms with Gasteiger partial charge in [0.25, 0.3) is 0 Å². The first-order valence-corrected chi connectivity index (χ1v) is 13.8. The van der Waals surface area contributed by atoms with Gasteiger partial charge in [0, 0.05) is 54.5 Å². The molecule has 0 aliphatic carbocycles. The van der Waals surface area contributed by atoms with Crippen molar-refractivity contribution in [3.05, 3.63) is 150 Å². The van der Waals surface area contributed by atoms with E-state index in [9.17, 15) is 0 Å². The molecule has 1 radical (unpaired) electrons. The topological polar surface area (TPSA) is 51.8 Å². The molecular formula is C39H33IrN3O-2. The second-order valence-corrected chi connectivity index (χ2v) is 9.97. The fraction of sp³-hybridized carbons (Fsp3) is 0.154. The smallest absolute Gasteiger partial charge is 0.216 e. The molecule has 7 rings (SSSR count). The van der Waals surface area contributed by atoms with Gasteiger partial charge < -0.3 is 14.4 Å². The van der Waals surface area contributed by atoms with Crippen molar-refractivity contribution in [2.24, 2.45) is 0 Å². The third-order valence-corrected chi connectivity index (χ3v) is 6.76. The van der Waals surface area contributed by atoms with E-state index in [1.807, 2.05) is 42.5 Å². The first-order chi connectivity index (χ1) is 24.1. The molecule has 4 nitrogen and oxygen atoms in total. The summed E-state index contributed by atoms with van der Waals surface area (Å²) in [4.78, 5) is 13.0. The summed E-state index contributed by atoms with van der Waals surface area (Å²) in [5.74, 6) is -1.21. The molecule has 0 saturated heterocycles. The number of pyridine rings is 3. The summed E-state index contributed by atoms with van der Waals surface area (Å²) in [6, 6.07) is 36.2. The number of aryl methyl sites for hydroxylation is 3. The summed E-state index contributed by atoms with van der Waals surface area (Å²) in [6.07, 6.45) is -1.79. The zero-order valence-corrected chi connectivity index (χ0v) is 26.4. The van der Waals surface area contributed by atoms with Crippen molar-refractivity contribution >= 4 is 22.1 Å². The van der Waals surface area contributed by atoms with Crippen LogP contribution in [0.3, 0.4) is 0 Å². The second-order valence-electron chi connectivity index (χ2n) is 9.97. The molecule has 7 aromatic rings. The zero-order valence-electron chi connectivity index (χ0n) is 32.1.